The lowest BCUT2D eigenvalue weighted by Gasteiger charge is -2.54. The normalized spacial score (nSPS) is 23.8. The number of amides is 2. The molecule has 0 radical (unpaired) electrons. The van der Waals surface area contributed by atoms with Crippen molar-refractivity contribution in [1.29, 1.82) is 0 Å². The molecule has 2 unspecified atom stereocenters. The largest absolute Gasteiger partial charge is 0.322 e. The van der Waals surface area contributed by atoms with Crippen LogP contribution in [0.25, 0.3) is 11.3 Å². The van der Waals surface area contributed by atoms with Crippen molar-refractivity contribution in [3.8, 4) is 11.3 Å². The number of carbonyl (C=O) groups excluding carboxylic acids is 1. The lowest BCUT2D eigenvalue weighted by Crippen LogP contribution is -2.65. The molecular weight excluding hydrogens is 378 g/mol. The summed E-state index contributed by atoms with van der Waals surface area (Å²) in [5.74, 6) is 0. The van der Waals surface area contributed by atoms with Crippen LogP contribution in [0.4, 0.5) is 10.5 Å². The summed E-state index contributed by atoms with van der Waals surface area (Å²) in [6.45, 7) is 2.01. The van der Waals surface area contributed by atoms with Crippen LogP contribution in [0.3, 0.4) is 0 Å². The van der Waals surface area contributed by atoms with Gasteiger partial charge in [-0.05, 0) is 56.0 Å². The summed E-state index contributed by atoms with van der Waals surface area (Å²) in [6.07, 6.45) is 4.46. The fourth-order valence-corrected chi connectivity index (χ4v) is 4.82. The number of rotatable bonds is 4. The van der Waals surface area contributed by atoms with Gasteiger partial charge >= 0.3 is 6.03 Å². The average molecular weight is 401 g/mol. The van der Waals surface area contributed by atoms with Crippen LogP contribution in [-0.4, -0.2) is 48.8 Å². The zero-order chi connectivity index (χ0) is 19.9. The Morgan fingerprint density at radius 3 is 2.57 bits per heavy atom. The van der Waals surface area contributed by atoms with E-state index in [1.54, 1.807) is 6.20 Å². The molecule has 2 amide bonds. The Morgan fingerprint density at radius 1 is 1.18 bits per heavy atom. The van der Waals surface area contributed by atoms with Crippen molar-refractivity contribution >= 4 is 21.8 Å². The predicted molar refractivity (Wildman–Crippen MR) is 106 cm³/mol. The highest BCUT2D eigenvalue weighted by Crippen LogP contribution is 2.40. The number of fused-ring (bicyclic) bond motifs is 2. The Labute approximate surface area is 164 Å². The van der Waals surface area contributed by atoms with Gasteiger partial charge in [0, 0.05) is 29.5 Å². The van der Waals surface area contributed by atoms with Gasteiger partial charge in [-0.3, -0.25) is 9.17 Å². The van der Waals surface area contributed by atoms with E-state index >= 15 is 0 Å². The molecule has 0 saturated carbocycles. The monoisotopic (exact) mass is 401 g/mol. The van der Waals surface area contributed by atoms with Crippen LogP contribution in [0.1, 0.15) is 24.8 Å². The minimum absolute atomic E-state index is 0.0196. The number of hydrogen-bond acceptors (Lipinski definition) is 5. The molecule has 1 N–H and O–H groups in total. The molecule has 8 heteroatoms. The lowest BCUT2D eigenvalue weighted by molar-refractivity contribution is -0.0363. The molecule has 2 atom stereocenters. The Morgan fingerprint density at radius 2 is 1.93 bits per heavy atom. The topological polar surface area (TPSA) is 88.6 Å². The van der Waals surface area contributed by atoms with Gasteiger partial charge in [0.2, 0.25) is 0 Å². The predicted octanol–water partition coefficient (Wildman–Crippen LogP) is 3.17. The molecule has 1 aromatic heterocycles. The van der Waals surface area contributed by atoms with Crippen molar-refractivity contribution in [1.82, 2.24) is 9.88 Å². The second kappa shape index (κ2) is 7.18. The van der Waals surface area contributed by atoms with Gasteiger partial charge in [0.15, 0.2) is 0 Å². The first-order valence-electron chi connectivity index (χ1n) is 9.30. The smallest absolute Gasteiger partial charge is 0.318 e. The molecule has 3 heterocycles. The average Bonchev–Trinajstić information content (AvgIpc) is 2.62. The van der Waals surface area contributed by atoms with Crippen LogP contribution in [0.2, 0.25) is 0 Å². The lowest BCUT2D eigenvalue weighted by atomic mass is 9.78. The number of aryl methyl sites for hydroxylation is 1. The fourth-order valence-electron chi connectivity index (χ4n) is 4.17. The summed E-state index contributed by atoms with van der Waals surface area (Å²) in [5, 5.41) is 2.97. The number of pyridine rings is 1. The highest BCUT2D eigenvalue weighted by Gasteiger charge is 2.48. The van der Waals surface area contributed by atoms with Crippen LogP contribution in [-0.2, 0) is 14.3 Å². The molecule has 2 aliphatic rings. The Hall–Kier alpha value is -2.45. The second-order valence-corrected chi connectivity index (χ2v) is 9.12. The molecule has 2 bridgehead atoms. The zero-order valence-electron chi connectivity index (χ0n) is 15.8. The summed E-state index contributed by atoms with van der Waals surface area (Å²) >= 11 is 0. The standard InChI is InChI=1S/C20H23N3O4S/c1-13-6-7-14(9-18(13)19-5-3-4-8-21-19)22-20(24)23-15-10-16(23)12-17(11-15)27-28(2,25)26/h3-9,15-17H,10-12H2,1-2H3,(H,22,24). The maximum absolute atomic E-state index is 12.8. The van der Waals surface area contributed by atoms with E-state index in [-0.39, 0.29) is 24.2 Å². The van der Waals surface area contributed by atoms with E-state index in [1.165, 1.54) is 0 Å². The summed E-state index contributed by atoms with van der Waals surface area (Å²) < 4.78 is 27.8. The van der Waals surface area contributed by atoms with E-state index in [2.05, 4.69) is 10.3 Å². The third kappa shape index (κ3) is 3.88. The van der Waals surface area contributed by atoms with E-state index in [1.807, 2.05) is 48.2 Å². The van der Waals surface area contributed by atoms with Crippen molar-refractivity contribution in [2.45, 2.75) is 44.4 Å². The van der Waals surface area contributed by atoms with E-state index in [0.29, 0.717) is 18.5 Å². The van der Waals surface area contributed by atoms with Crippen LogP contribution >= 0.6 is 0 Å². The van der Waals surface area contributed by atoms with Gasteiger partial charge < -0.3 is 10.2 Å². The molecule has 0 spiro atoms. The molecule has 4 rings (SSSR count). The van der Waals surface area contributed by atoms with Crippen molar-refractivity contribution in [2.75, 3.05) is 11.6 Å². The minimum atomic E-state index is -3.47. The molecule has 28 heavy (non-hydrogen) atoms. The Bertz CT molecular complexity index is 982. The second-order valence-electron chi connectivity index (χ2n) is 7.52. The summed E-state index contributed by atoms with van der Waals surface area (Å²) in [6, 6.07) is 11.4. The number of nitrogens with zero attached hydrogens (tertiary/aromatic N) is 2. The van der Waals surface area contributed by atoms with Crippen LogP contribution in [0.15, 0.2) is 42.6 Å². The van der Waals surface area contributed by atoms with Gasteiger partial charge in [-0.1, -0.05) is 12.1 Å². The number of hydrogen-bond donors (Lipinski definition) is 1. The van der Waals surface area contributed by atoms with Gasteiger partial charge in [-0.15, -0.1) is 0 Å². The minimum Gasteiger partial charge on any atom is -0.318 e. The fraction of sp³-hybridized carbons (Fsp3) is 0.400. The van der Waals surface area contributed by atoms with E-state index in [0.717, 1.165) is 29.5 Å². The first-order chi connectivity index (χ1) is 13.3. The van der Waals surface area contributed by atoms with Gasteiger partial charge in [-0.2, -0.15) is 8.42 Å². The molecule has 2 fully saturated rings. The zero-order valence-corrected chi connectivity index (χ0v) is 16.6. The summed E-state index contributed by atoms with van der Waals surface area (Å²) in [7, 11) is -3.47. The van der Waals surface area contributed by atoms with E-state index < -0.39 is 10.1 Å². The van der Waals surface area contributed by atoms with Crippen molar-refractivity contribution in [3.63, 3.8) is 0 Å². The number of carbonyl (C=O) groups is 1. The maximum Gasteiger partial charge on any atom is 0.322 e. The molecule has 148 valence electrons. The van der Waals surface area contributed by atoms with Gasteiger partial charge in [-0.25, -0.2) is 4.79 Å². The molecule has 2 aromatic rings. The van der Waals surface area contributed by atoms with Crippen molar-refractivity contribution < 1.29 is 17.4 Å². The van der Waals surface area contributed by atoms with Gasteiger partial charge in [0.1, 0.15) is 0 Å². The van der Waals surface area contributed by atoms with Crippen LogP contribution in [0.5, 0.6) is 0 Å². The summed E-state index contributed by atoms with van der Waals surface area (Å²) in [4.78, 5) is 19.0. The number of anilines is 1. The molecular formula is C20H23N3O4S. The Kier molecular flexibility index (Phi) is 4.84. The SMILES string of the molecule is Cc1ccc(NC(=O)N2C3CC(OS(C)(=O)=O)CC2C3)cc1-c1ccccn1. The number of aromatic nitrogens is 1. The van der Waals surface area contributed by atoms with Crippen LogP contribution < -0.4 is 5.32 Å². The highest BCUT2D eigenvalue weighted by molar-refractivity contribution is 7.86. The number of piperidine rings is 1. The molecule has 7 nitrogen and oxygen atoms in total. The highest BCUT2D eigenvalue weighted by atomic mass is 32.2. The van der Waals surface area contributed by atoms with Gasteiger partial charge in [0.25, 0.3) is 10.1 Å². The van der Waals surface area contributed by atoms with Crippen LogP contribution in [0, 0.1) is 6.92 Å². The summed E-state index contributed by atoms with van der Waals surface area (Å²) in [5.41, 5.74) is 3.63. The van der Waals surface area contributed by atoms with Gasteiger partial charge in [0.05, 0.1) is 18.1 Å². The molecule has 2 aliphatic heterocycles. The Balaban J connectivity index is 1.44. The number of benzene rings is 1. The number of nitrogens with one attached hydrogen (secondary N) is 1. The third-order valence-electron chi connectivity index (χ3n) is 5.38. The third-order valence-corrected chi connectivity index (χ3v) is 6.00. The molecule has 2 saturated heterocycles. The van der Waals surface area contributed by atoms with E-state index in [4.69, 9.17) is 4.18 Å². The number of urea groups is 1. The molecule has 0 aliphatic carbocycles. The first-order valence-corrected chi connectivity index (χ1v) is 11.1. The molecule has 1 aromatic carbocycles. The quantitative estimate of drug-likeness (QED) is 0.795. The first kappa shape index (κ1) is 18.9. The maximum atomic E-state index is 12.8. The van der Waals surface area contributed by atoms with E-state index in [9.17, 15) is 13.2 Å². The van der Waals surface area contributed by atoms with Crippen molar-refractivity contribution in [2.24, 2.45) is 0 Å². The van der Waals surface area contributed by atoms with Crippen molar-refractivity contribution in [3.05, 3.63) is 48.2 Å².